The Morgan fingerprint density at radius 3 is 2.36 bits per heavy atom. The summed E-state index contributed by atoms with van der Waals surface area (Å²) in [6.07, 6.45) is -0.615. The zero-order valence-corrected chi connectivity index (χ0v) is 15.8. The highest BCUT2D eigenvalue weighted by atomic mass is 19.3. The van der Waals surface area contributed by atoms with Gasteiger partial charge in [0.15, 0.2) is 0 Å². The SMILES string of the molecule is CC(C)(C)OC(=O)Nc1cccc(C(=O)NCc2ccc(OC(F)F)cc2)c1. The molecule has 0 aliphatic heterocycles. The number of carbonyl (C=O) groups is 2. The van der Waals surface area contributed by atoms with Gasteiger partial charge in [-0.3, -0.25) is 10.1 Å². The molecule has 0 atom stereocenters. The molecule has 2 aromatic carbocycles. The van der Waals surface area contributed by atoms with Crippen LogP contribution in [0.1, 0.15) is 36.7 Å². The zero-order valence-electron chi connectivity index (χ0n) is 15.8. The molecule has 6 nitrogen and oxygen atoms in total. The molecule has 2 amide bonds. The van der Waals surface area contributed by atoms with Crippen LogP contribution in [0, 0.1) is 0 Å². The number of hydrogen-bond donors (Lipinski definition) is 2. The van der Waals surface area contributed by atoms with Crippen LogP contribution in [0.5, 0.6) is 5.75 Å². The van der Waals surface area contributed by atoms with Gasteiger partial charge >= 0.3 is 12.7 Å². The molecular formula is C20H22F2N2O4. The second-order valence-corrected chi connectivity index (χ2v) is 6.91. The quantitative estimate of drug-likeness (QED) is 0.755. The fourth-order valence-corrected chi connectivity index (χ4v) is 2.23. The molecule has 28 heavy (non-hydrogen) atoms. The molecule has 2 N–H and O–H groups in total. The third-order valence-corrected chi connectivity index (χ3v) is 3.37. The van der Waals surface area contributed by atoms with Crippen molar-refractivity contribution in [1.29, 1.82) is 0 Å². The Hall–Kier alpha value is -3.16. The Labute approximate surface area is 161 Å². The molecule has 0 fully saturated rings. The molecule has 0 heterocycles. The predicted molar refractivity (Wildman–Crippen MR) is 101 cm³/mol. The Bertz CT molecular complexity index is 818. The first-order chi connectivity index (χ1) is 13.1. The molecule has 0 bridgehead atoms. The van der Waals surface area contributed by atoms with Crippen molar-refractivity contribution in [2.24, 2.45) is 0 Å². The lowest BCUT2D eigenvalue weighted by atomic mass is 10.1. The number of ether oxygens (including phenoxy) is 2. The van der Waals surface area contributed by atoms with E-state index < -0.39 is 18.3 Å². The minimum Gasteiger partial charge on any atom is -0.444 e. The van der Waals surface area contributed by atoms with E-state index in [0.717, 1.165) is 5.56 Å². The van der Waals surface area contributed by atoms with Gasteiger partial charge < -0.3 is 14.8 Å². The van der Waals surface area contributed by atoms with Crippen LogP contribution < -0.4 is 15.4 Å². The van der Waals surface area contributed by atoms with E-state index in [9.17, 15) is 18.4 Å². The third kappa shape index (κ3) is 7.22. The van der Waals surface area contributed by atoms with Crippen LogP contribution in [0.4, 0.5) is 19.3 Å². The van der Waals surface area contributed by atoms with Gasteiger partial charge in [-0.1, -0.05) is 18.2 Å². The van der Waals surface area contributed by atoms with Crippen LogP contribution in [0.3, 0.4) is 0 Å². The number of alkyl halides is 2. The number of nitrogens with one attached hydrogen (secondary N) is 2. The first-order valence-corrected chi connectivity index (χ1v) is 8.54. The van der Waals surface area contributed by atoms with Crippen molar-refractivity contribution in [1.82, 2.24) is 5.32 Å². The summed E-state index contributed by atoms with van der Waals surface area (Å²) >= 11 is 0. The predicted octanol–water partition coefficient (Wildman–Crippen LogP) is 4.57. The lowest BCUT2D eigenvalue weighted by Gasteiger charge is -2.19. The normalized spacial score (nSPS) is 11.1. The first-order valence-electron chi connectivity index (χ1n) is 8.54. The Morgan fingerprint density at radius 1 is 1.07 bits per heavy atom. The van der Waals surface area contributed by atoms with Crippen LogP contribution in [0.15, 0.2) is 48.5 Å². The summed E-state index contributed by atoms with van der Waals surface area (Å²) in [5.41, 5.74) is 0.870. The number of hydrogen-bond acceptors (Lipinski definition) is 4. The molecule has 0 saturated heterocycles. The summed E-state index contributed by atoms with van der Waals surface area (Å²) in [7, 11) is 0. The van der Waals surface area contributed by atoms with Crippen molar-refractivity contribution < 1.29 is 27.8 Å². The van der Waals surface area contributed by atoms with Crippen LogP contribution in [0.25, 0.3) is 0 Å². The molecule has 0 radical (unpaired) electrons. The molecule has 0 spiro atoms. The minimum absolute atomic E-state index is 0.0472. The number of halogens is 2. The smallest absolute Gasteiger partial charge is 0.412 e. The largest absolute Gasteiger partial charge is 0.444 e. The van der Waals surface area contributed by atoms with Gasteiger partial charge in [0.25, 0.3) is 5.91 Å². The zero-order chi connectivity index (χ0) is 20.7. The lowest BCUT2D eigenvalue weighted by molar-refractivity contribution is -0.0498. The van der Waals surface area contributed by atoms with E-state index in [0.29, 0.717) is 11.3 Å². The van der Waals surface area contributed by atoms with Gasteiger partial charge in [0.1, 0.15) is 11.4 Å². The Morgan fingerprint density at radius 2 is 1.75 bits per heavy atom. The van der Waals surface area contributed by atoms with Gasteiger partial charge in [0.05, 0.1) is 0 Å². The average molecular weight is 392 g/mol. The standard InChI is InChI=1S/C20H22F2N2O4/c1-20(2,3)28-19(26)24-15-6-4-5-14(11-15)17(25)23-12-13-7-9-16(10-8-13)27-18(21)22/h4-11,18H,12H2,1-3H3,(H,23,25)(H,24,26). The highest BCUT2D eigenvalue weighted by molar-refractivity contribution is 5.96. The molecule has 0 aliphatic rings. The van der Waals surface area contributed by atoms with E-state index in [1.165, 1.54) is 18.2 Å². The van der Waals surface area contributed by atoms with Crippen molar-refractivity contribution in [3.63, 3.8) is 0 Å². The third-order valence-electron chi connectivity index (χ3n) is 3.37. The second-order valence-electron chi connectivity index (χ2n) is 6.91. The summed E-state index contributed by atoms with van der Waals surface area (Å²) in [5.74, 6) is -0.299. The van der Waals surface area contributed by atoms with E-state index in [4.69, 9.17) is 4.74 Å². The average Bonchev–Trinajstić information content (AvgIpc) is 2.59. The molecule has 8 heteroatoms. The van der Waals surface area contributed by atoms with E-state index in [1.807, 2.05) is 0 Å². The summed E-state index contributed by atoms with van der Waals surface area (Å²) in [6.45, 7) is 2.58. The fourth-order valence-electron chi connectivity index (χ4n) is 2.23. The van der Waals surface area contributed by atoms with E-state index in [-0.39, 0.29) is 18.2 Å². The van der Waals surface area contributed by atoms with Gasteiger partial charge in [-0.05, 0) is 56.7 Å². The van der Waals surface area contributed by atoms with Crippen molar-refractivity contribution in [2.45, 2.75) is 39.5 Å². The van der Waals surface area contributed by atoms with Crippen LogP contribution in [-0.2, 0) is 11.3 Å². The molecule has 2 aromatic rings. The number of benzene rings is 2. The Balaban J connectivity index is 1.93. The van der Waals surface area contributed by atoms with Gasteiger partial charge in [0, 0.05) is 17.8 Å². The number of amides is 2. The van der Waals surface area contributed by atoms with Crippen molar-refractivity contribution in [3.05, 3.63) is 59.7 Å². The molecular weight excluding hydrogens is 370 g/mol. The number of carbonyl (C=O) groups excluding carboxylic acids is 2. The summed E-state index contributed by atoms with van der Waals surface area (Å²) < 4.78 is 33.7. The fraction of sp³-hybridized carbons (Fsp3) is 0.300. The van der Waals surface area contributed by atoms with Crippen molar-refractivity contribution in [2.75, 3.05) is 5.32 Å². The molecule has 0 aliphatic carbocycles. The molecule has 0 aromatic heterocycles. The summed E-state index contributed by atoms with van der Waals surface area (Å²) in [4.78, 5) is 24.1. The van der Waals surface area contributed by atoms with Gasteiger partial charge in [-0.15, -0.1) is 0 Å². The number of rotatable bonds is 6. The van der Waals surface area contributed by atoms with Crippen LogP contribution in [-0.4, -0.2) is 24.2 Å². The Kier molecular flexibility index (Phi) is 6.92. The number of anilines is 1. The second kappa shape index (κ2) is 9.16. The van der Waals surface area contributed by atoms with Crippen LogP contribution in [0.2, 0.25) is 0 Å². The van der Waals surface area contributed by atoms with Gasteiger partial charge in [-0.2, -0.15) is 8.78 Å². The molecule has 0 saturated carbocycles. The highest BCUT2D eigenvalue weighted by Crippen LogP contribution is 2.16. The molecule has 0 unspecified atom stereocenters. The van der Waals surface area contributed by atoms with Gasteiger partial charge in [0.2, 0.25) is 0 Å². The molecule has 2 rings (SSSR count). The minimum atomic E-state index is -2.88. The topological polar surface area (TPSA) is 76.7 Å². The maximum absolute atomic E-state index is 12.3. The van der Waals surface area contributed by atoms with Gasteiger partial charge in [-0.25, -0.2) is 4.79 Å². The molecule has 150 valence electrons. The maximum Gasteiger partial charge on any atom is 0.412 e. The van der Waals surface area contributed by atoms with Crippen molar-refractivity contribution >= 4 is 17.7 Å². The summed E-state index contributed by atoms with van der Waals surface area (Å²) in [6, 6.07) is 12.4. The monoisotopic (exact) mass is 392 g/mol. The summed E-state index contributed by atoms with van der Waals surface area (Å²) in [5, 5.41) is 5.30. The highest BCUT2D eigenvalue weighted by Gasteiger charge is 2.16. The van der Waals surface area contributed by atoms with E-state index >= 15 is 0 Å². The van der Waals surface area contributed by atoms with Crippen LogP contribution >= 0.6 is 0 Å². The first kappa shape index (κ1) is 21.1. The van der Waals surface area contributed by atoms with Crippen molar-refractivity contribution in [3.8, 4) is 5.75 Å². The van der Waals surface area contributed by atoms with E-state index in [1.54, 1.807) is 51.1 Å². The van der Waals surface area contributed by atoms with E-state index in [2.05, 4.69) is 15.4 Å². The maximum atomic E-state index is 12.3. The lowest BCUT2D eigenvalue weighted by Crippen LogP contribution is -2.27.